The van der Waals surface area contributed by atoms with Crippen LogP contribution < -0.4 is 9.47 Å². The van der Waals surface area contributed by atoms with E-state index in [4.69, 9.17) is 18.3 Å². The lowest BCUT2D eigenvalue weighted by Crippen LogP contribution is -1.94. The van der Waals surface area contributed by atoms with E-state index in [9.17, 15) is 0 Å². The summed E-state index contributed by atoms with van der Waals surface area (Å²) in [6, 6.07) is 15.7. The quantitative estimate of drug-likeness (QED) is 0.370. The van der Waals surface area contributed by atoms with E-state index >= 15 is 0 Å². The Balaban J connectivity index is 1.33. The molecule has 0 spiro atoms. The molecule has 30 heavy (non-hydrogen) atoms. The van der Waals surface area contributed by atoms with Crippen LogP contribution in [-0.4, -0.2) is 34.6 Å². The van der Waals surface area contributed by atoms with Gasteiger partial charge in [0, 0.05) is 0 Å². The first-order chi connectivity index (χ1) is 14.7. The second-order valence-corrected chi connectivity index (χ2v) is 7.30. The molecule has 0 atom stereocenters. The molecule has 2 aromatic heterocycles. The number of thioether (sulfide) groups is 1. The van der Waals surface area contributed by atoms with Crippen LogP contribution in [0.4, 0.5) is 0 Å². The van der Waals surface area contributed by atoms with Crippen molar-refractivity contribution in [3.63, 3.8) is 0 Å². The van der Waals surface area contributed by atoms with Crippen LogP contribution in [0.1, 0.15) is 28.8 Å². The van der Waals surface area contributed by atoms with E-state index in [1.807, 2.05) is 48.5 Å². The maximum absolute atomic E-state index is 5.72. The first kappa shape index (κ1) is 20.0. The Bertz CT molecular complexity index is 1100. The summed E-state index contributed by atoms with van der Waals surface area (Å²) >= 11 is 1.36. The van der Waals surface area contributed by atoms with Gasteiger partial charge >= 0.3 is 0 Å². The maximum Gasteiger partial charge on any atom is 0.277 e. The lowest BCUT2D eigenvalue weighted by atomic mass is 10.1. The number of nitrogens with zero attached hydrogens (tertiary/aromatic N) is 4. The molecule has 154 valence electrons. The summed E-state index contributed by atoms with van der Waals surface area (Å²) in [5.74, 6) is 3.41. The lowest BCUT2D eigenvalue weighted by molar-refractivity contribution is 0.354. The second kappa shape index (κ2) is 9.45. The molecule has 0 unspecified atom stereocenters. The van der Waals surface area contributed by atoms with Crippen molar-refractivity contribution in [1.29, 1.82) is 0 Å². The molecule has 9 heteroatoms. The molecule has 0 saturated carbocycles. The fourth-order valence-electron chi connectivity index (χ4n) is 2.85. The molecule has 0 bridgehead atoms. The molecule has 0 aliphatic carbocycles. The molecule has 4 aromatic rings. The Morgan fingerprint density at radius 1 is 0.733 bits per heavy atom. The summed E-state index contributed by atoms with van der Waals surface area (Å²) < 4.78 is 22.0. The molecule has 0 amide bonds. The normalized spacial score (nSPS) is 10.9. The Hall–Kier alpha value is -3.33. The molecule has 0 N–H and O–H groups in total. The van der Waals surface area contributed by atoms with E-state index in [1.165, 1.54) is 11.8 Å². The van der Waals surface area contributed by atoms with Crippen molar-refractivity contribution in [2.75, 3.05) is 14.2 Å². The first-order valence-electron chi connectivity index (χ1n) is 9.24. The van der Waals surface area contributed by atoms with E-state index in [-0.39, 0.29) is 0 Å². The summed E-state index contributed by atoms with van der Waals surface area (Å²) in [4.78, 5) is 0. The van der Waals surface area contributed by atoms with Crippen LogP contribution >= 0.6 is 11.8 Å². The maximum atomic E-state index is 5.72. The van der Waals surface area contributed by atoms with Crippen LogP contribution in [0, 0.1) is 0 Å². The Labute approximate surface area is 177 Å². The van der Waals surface area contributed by atoms with Gasteiger partial charge in [0.25, 0.3) is 5.22 Å². The molecule has 2 heterocycles. The number of ether oxygens (including phenoxy) is 2. The minimum Gasteiger partial charge on any atom is -0.493 e. The number of rotatable bonds is 9. The van der Waals surface area contributed by atoms with Gasteiger partial charge in [0.2, 0.25) is 17.7 Å². The van der Waals surface area contributed by atoms with E-state index in [0.29, 0.717) is 53.0 Å². The zero-order chi connectivity index (χ0) is 20.8. The van der Waals surface area contributed by atoms with Crippen LogP contribution in [0.25, 0.3) is 0 Å². The standard InChI is InChI=1S/C21H20N4O4S/c1-26-16-9-8-15(10-17(16)27-2)12-19-23-25-21(29-19)30-13-20-24-22-18(28-20)11-14-6-4-3-5-7-14/h3-10H,11-13H2,1-2H3. The SMILES string of the molecule is COc1ccc(Cc2nnc(SCc3nnc(Cc4ccccc4)o3)o2)cc1OC. The second-order valence-electron chi connectivity index (χ2n) is 6.37. The third kappa shape index (κ3) is 4.98. The van der Waals surface area contributed by atoms with Crippen LogP contribution in [0.3, 0.4) is 0 Å². The van der Waals surface area contributed by atoms with Gasteiger partial charge in [0.1, 0.15) is 0 Å². The number of hydrogen-bond acceptors (Lipinski definition) is 9. The molecule has 8 nitrogen and oxygen atoms in total. The number of benzene rings is 2. The summed E-state index contributed by atoms with van der Waals surface area (Å²) in [5, 5.41) is 16.8. The Kier molecular flexibility index (Phi) is 6.29. The molecular formula is C21H20N4O4S. The third-order valence-corrected chi connectivity index (χ3v) is 5.08. The van der Waals surface area contributed by atoms with Crippen LogP contribution in [0.2, 0.25) is 0 Å². The lowest BCUT2D eigenvalue weighted by Gasteiger charge is -2.08. The highest BCUT2D eigenvalue weighted by Crippen LogP contribution is 2.29. The molecule has 2 aromatic carbocycles. The average Bonchev–Trinajstić information content (AvgIpc) is 3.42. The van der Waals surface area contributed by atoms with Gasteiger partial charge in [-0.2, -0.15) is 0 Å². The van der Waals surface area contributed by atoms with Gasteiger partial charge < -0.3 is 18.3 Å². The molecule has 0 aliphatic rings. The van der Waals surface area contributed by atoms with Gasteiger partial charge in [0.15, 0.2) is 11.5 Å². The topological polar surface area (TPSA) is 96.3 Å². The molecule has 4 rings (SSSR count). The van der Waals surface area contributed by atoms with Gasteiger partial charge in [-0.3, -0.25) is 0 Å². The fraction of sp³-hybridized carbons (Fsp3) is 0.238. The van der Waals surface area contributed by atoms with E-state index < -0.39 is 0 Å². The van der Waals surface area contributed by atoms with Crippen molar-refractivity contribution in [2.24, 2.45) is 0 Å². The number of hydrogen-bond donors (Lipinski definition) is 0. The van der Waals surface area contributed by atoms with E-state index in [1.54, 1.807) is 14.2 Å². The monoisotopic (exact) mass is 424 g/mol. The van der Waals surface area contributed by atoms with Crippen molar-refractivity contribution in [3.05, 3.63) is 77.3 Å². The largest absolute Gasteiger partial charge is 0.493 e. The van der Waals surface area contributed by atoms with Crippen LogP contribution in [0.5, 0.6) is 11.5 Å². The van der Waals surface area contributed by atoms with Gasteiger partial charge in [-0.1, -0.05) is 48.2 Å². The highest BCUT2D eigenvalue weighted by Gasteiger charge is 2.13. The number of aromatic nitrogens is 4. The fourth-order valence-corrected chi connectivity index (χ4v) is 3.46. The van der Waals surface area contributed by atoms with E-state index in [2.05, 4.69) is 20.4 Å². The van der Waals surface area contributed by atoms with Gasteiger partial charge in [-0.15, -0.1) is 20.4 Å². The summed E-state index contributed by atoms with van der Waals surface area (Å²) in [6.07, 6.45) is 1.10. The highest BCUT2D eigenvalue weighted by molar-refractivity contribution is 7.98. The van der Waals surface area contributed by atoms with Crippen molar-refractivity contribution in [3.8, 4) is 11.5 Å². The summed E-state index contributed by atoms with van der Waals surface area (Å²) in [6.45, 7) is 0. The van der Waals surface area contributed by atoms with Gasteiger partial charge in [-0.25, -0.2) is 0 Å². The first-order valence-corrected chi connectivity index (χ1v) is 10.2. The third-order valence-electron chi connectivity index (χ3n) is 4.28. The Morgan fingerprint density at radius 3 is 2.23 bits per heavy atom. The molecule has 0 fully saturated rings. The Morgan fingerprint density at radius 2 is 1.43 bits per heavy atom. The van der Waals surface area contributed by atoms with Crippen molar-refractivity contribution in [2.45, 2.75) is 23.8 Å². The highest BCUT2D eigenvalue weighted by atomic mass is 32.2. The average molecular weight is 424 g/mol. The summed E-state index contributed by atoms with van der Waals surface area (Å²) in [5.41, 5.74) is 2.10. The molecular weight excluding hydrogens is 404 g/mol. The minimum atomic E-state index is 0.452. The van der Waals surface area contributed by atoms with Crippen molar-refractivity contribution < 1.29 is 18.3 Å². The van der Waals surface area contributed by atoms with Crippen LogP contribution in [0.15, 0.2) is 62.6 Å². The van der Waals surface area contributed by atoms with Gasteiger partial charge in [-0.05, 0) is 23.3 Å². The minimum absolute atomic E-state index is 0.452. The van der Waals surface area contributed by atoms with Gasteiger partial charge in [0.05, 0.1) is 32.8 Å². The smallest absolute Gasteiger partial charge is 0.277 e. The zero-order valence-corrected chi connectivity index (χ0v) is 17.4. The number of methoxy groups -OCH3 is 2. The molecule has 0 saturated heterocycles. The van der Waals surface area contributed by atoms with E-state index in [0.717, 1.165) is 11.1 Å². The zero-order valence-electron chi connectivity index (χ0n) is 16.6. The predicted molar refractivity (Wildman–Crippen MR) is 110 cm³/mol. The predicted octanol–water partition coefficient (Wildman–Crippen LogP) is 3.94. The van der Waals surface area contributed by atoms with Crippen molar-refractivity contribution >= 4 is 11.8 Å². The van der Waals surface area contributed by atoms with Crippen LogP contribution in [-0.2, 0) is 18.6 Å². The molecule has 0 aliphatic heterocycles. The molecule has 0 radical (unpaired) electrons. The summed E-state index contributed by atoms with van der Waals surface area (Å²) in [7, 11) is 3.21. The van der Waals surface area contributed by atoms with Crippen molar-refractivity contribution in [1.82, 2.24) is 20.4 Å².